The van der Waals surface area contributed by atoms with Crippen LogP contribution < -0.4 is 10.6 Å². The average molecular weight is 318 g/mol. The Balaban J connectivity index is 3.18. The maximum atomic E-state index is 12.5. The molecule has 0 saturated heterocycles. The molecule has 0 aliphatic heterocycles. The van der Waals surface area contributed by atoms with Gasteiger partial charge < -0.3 is 15.4 Å². The Morgan fingerprint density at radius 1 is 1.35 bits per heavy atom. The molecule has 0 radical (unpaired) electrons. The Morgan fingerprint density at radius 3 is 2.57 bits per heavy atom. The predicted molar refractivity (Wildman–Crippen MR) is 79.7 cm³/mol. The molecule has 1 atom stereocenters. The maximum Gasteiger partial charge on any atom is 0.217 e. The van der Waals surface area contributed by atoms with Crippen LogP contribution in [0.25, 0.3) is 0 Å². The lowest BCUT2D eigenvalue weighted by Gasteiger charge is -2.14. The van der Waals surface area contributed by atoms with E-state index in [1.165, 1.54) is 18.2 Å². The number of allylic oxidation sites excluding steroid dienone is 1. The smallest absolute Gasteiger partial charge is 0.217 e. The van der Waals surface area contributed by atoms with Crippen LogP contribution in [0, 0.1) is 10.8 Å². The second-order valence-corrected chi connectivity index (χ2v) is 4.61. The fraction of sp³-hybridized carbons (Fsp3) is 0.200. The highest BCUT2D eigenvalue weighted by Crippen LogP contribution is 2.27. The van der Waals surface area contributed by atoms with Crippen LogP contribution in [0.4, 0.5) is 0 Å². The van der Waals surface area contributed by atoms with Crippen LogP contribution in [-0.2, 0) is 9.59 Å². The van der Waals surface area contributed by atoms with Crippen LogP contribution in [0.5, 0.6) is 5.75 Å². The summed E-state index contributed by atoms with van der Waals surface area (Å²) in [6.45, 7) is 3.54. The van der Waals surface area contributed by atoms with Gasteiger partial charge in [-0.1, -0.05) is 18.7 Å². The van der Waals surface area contributed by atoms with Gasteiger partial charge in [0.25, 0.3) is 0 Å². The molecule has 23 heavy (non-hydrogen) atoms. The van der Waals surface area contributed by atoms with Crippen molar-refractivity contribution in [1.82, 2.24) is 0 Å². The molecule has 120 valence electrons. The van der Waals surface area contributed by atoms with Gasteiger partial charge in [-0.2, -0.15) is 0 Å². The van der Waals surface area contributed by atoms with Crippen LogP contribution in [0.3, 0.4) is 0 Å². The molecule has 0 saturated carbocycles. The van der Waals surface area contributed by atoms with Crippen molar-refractivity contribution in [2.24, 2.45) is 17.0 Å². The standard InChI is InChI=1S/C15H14N2O6/c1-9(10(7-18)5-6-13(16)20)15(21)14-11(8-19)3-2-4-12(14)23-17-22/h2-4,7-8,10H,1,5-6H2,(H2,16,20). The highest BCUT2D eigenvalue weighted by Gasteiger charge is 2.25. The number of rotatable bonds is 10. The largest absolute Gasteiger partial charge is 0.370 e. The third-order valence-electron chi connectivity index (χ3n) is 3.15. The highest BCUT2D eigenvalue weighted by molar-refractivity contribution is 6.15. The van der Waals surface area contributed by atoms with Crippen LogP contribution in [-0.4, -0.2) is 24.3 Å². The van der Waals surface area contributed by atoms with Crippen molar-refractivity contribution in [3.63, 3.8) is 0 Å². The molecule has 0 heterocycles. The van der Waals surface area contributed by atoms with Crippen molar-refractivity contribution in [2.45, 2.75) is 12.8 Å². The van der Waals surface area contributed by atoms with Crippen LogP contribution in [0.1, 0.15) is 33.6 Å². The molecule has 8 heteroatoms. The van der Waals surface area contributed by atoms with E-state index >= 15 is 0 Å². The Bertz CT molecular complexity index is 668. The Labute approximate surface area is 131 Å². The molecule has 1 amide bonds. The minimum atomic E-state index is -0.952. The lowest BCUT2D eigenvalue weighted by atomic mass is 9.88. The number of hydrogen-bond donors (Lipinski definition) is 1. The average Bonchev–Trinajstić information content (AvgIpc) is 2.54. The van der Waals surface area contributed by atoms with Gasteiger partial charge in [0.15, 0.2) is 23.2 Å². The van der Waals surface area contributed by atoms with Crippen molar-refractivity contribution in [1.29, 1.82) is 0 Å². The number of carbonyl (C=O) groups excluding carboxylic acids is 4. The molecule has 0 fully saturated rings. The quantitative estimate of drug-likeness (QED) is 0.228. The van der Waals surface area contributed by atoms with Gasteiger partial charge in [0.2, 0.25) is 5.91 Å². The van der Waals surface area contributed by atoms with Gasteiger partial charge in [0, 0.05) is 23.5 Å². The number of benzene rings is 1. The number of nitrogens with two attached hydrogens (primary N) is 1. The maximum absolute atomic E-state index is 12.5. The third-order valence-corrected chi connectivity index (χ3v) is 3.15. The van der Waals surface area contributed by atoms with Gasteiger partial charge in [-0.25, -0.2) is 0 Å². The summed E-state index contributed by atoms with van der Waals surface area (Å²) in [5.41, 5.74) is 4.59. The highest BCUT2D eigenvalue weighted by atomic mass is 16.7. The molecule has 1 unspecified atom stereocenters. The molecule has 2 N–H and O–H groups in total. The van der Waals surface area contributed by atoms with E-state index in [1.54, 1.807) is 0 Å². The number of primary amides is 1. The van der Waals surface area contributed by atoms with Crippen LogP contribution >= 0.6 is 0 Å². The summed E-state index contributed by atoms with van der Waals surface area (Å²) >= 11 is 0. The van der Waals surface area contributed by atoms with E-state index in [0.29, 0.717) is 12.6 Å². The zero-order valence-electron chi connectivity index (χ0n) is 12.1. The van der Waals surface area contributed by atoms with Crippen molar-refractivity contribution < 1.29 is 24.0 Å². The van der Waals surface area contributed by atoms with Crippen LogP contribution in [0.15, 0.2) is 35.7 Å². The SMILES string of the molecule is C=C(C(=O)c1c(C=O)cccc1ON=O)C(C=O)CCC(N)=O. The zero-order valence-corrected chi connectivity index (χ0v) is 12.1. The van der Waals surface area contributed by atoms with Crippen molar-refractivity contribution in [3.05, 3.63) is 46.4 Å². The fourth-order valence-electron chi connectivity index (χ4n) is 1.96. The summed E-state index contributed by atoms with van der Waals surface area (Å²) in [7, 11) is 0. The molecule has 0 aliphatic rings. The summed E-state index contributed by atoms with van der Waals surface area (Å²) in [6.07, 6.45) is 0.766. The molecule has 1 aromatic carbocycles. The second-order valence-electron chi connectivity index (χ2n) is 4.61. The number of aldehydes is 2. The number of Topliss-reactive ketones (excluding diaryl/α,β-unsaturated/α-hetero) is 1. The number of amides is 1. The lowest BCUT2D eigenvalue weighted by Crippen LogP contribution is -2.19. The minimum absolute atomic E-state index is 0.00871. The molecule has 0 bridgehead atoms. The Morgan fingerprint density at radius 2 is 2.04 bits per heavy atom. The van der Waals surface area contributed by atoms with E-state index in [1.807, 2.05) is 0 Å². The summed E-state index contributed by atoms with van der Waals surface area (Å²) in [5.74, 6) is -2.56. The fourth-order valence-corrected chi connectivity index (χ4v) is 1.96. The Kier molecular flexibility index (Phi) is 6.47. The van der Waals surface area contributed by atoms with E-state index in [0.717, 1.165) is 0 Å². The molecular weight excluding hydrogens is 304 g/mol. The number of hydrogen-bond acceptors (Lipinski definition) is 7. The molecule has 0 aromatic heterocycles. The second kappa shape index (κ2) is 8.32. The van der Waals surface area contributed by atoms with Gasteiger partial charge in [-0.15, -0.1) is 4.91 Å². The van der Waals surface area contributed by atoms with Gasteiger partial charge in [0.1, 0.15) is 6.29 Å². The molecule has 0 spiro atoms. The summed E-state index contributed by atoms with van der Waals surface area (Å²) in [6, 6.07) is 4.01. The Hall–Kier alpha value is -3.16. The molecule has 0 aliphatic carbocycles. The first-order chi connectivity index (χ1) is 11.0. The number of carbonyl (C=O) groups is 4. The van der Waals surface area contributed by atoms with E-state index in [-0.39, 0.29) is 35.3 Å². The van der Waals surface area contributed by atoms with Crippen molar-refractivity contribution in [3.8, 4) is 5.75 Å². The zero-order chi connectivity index (χ0) is 17.4. The van der Waals surface area contributed by atoms with E-state index in [9.17, 15) is 24.1 Å². The molecule has 1 aromatic rings. The third kappa shape index (κ3) is 4.40. The normalized spacial score (nSPS) is 11.1. The van der Waals surface area contributed by atoms with Gasteiger partial charge in [-0.05, 0) is 12.5 Å². The summed E-state index contributed by atoms with van der Waals surface area (Å²) < 4.78 is 0. The minimum Gasteiger partial charge on any atom is -0.370 e. The molecule has 8 nitrogen and oxygen atoms in total. The van der Waals surface area contributed by atoms with Gasteiger partial charge in [-0.3, -0.25) is 14.4 Å². The van der Waals surface area contributed by atoms with E-state index < -0.39 is 17.6 Å². The van der Waals surface area contributed by atoms with E-state index in [4.69, 9.17) is 5.73 Å². The summed E-state index contributed by atoms with van der Waals surface area (Å²) in [4.78, 5) is 60.3. The van der Waals surface area contributed by atoms with Gasteiger partial charge >= 0.3 is 0 Å². The first kappa shape index (κ1) is 17.9. The molecule has 1 rings (SSSR count). The first-order valence-corrected chi connectivity index (χ1v) is 6.51. The number of ketones is 1. The van der Waals surface area contributed by atoms with E-state index in [2.05, 4.69) is 16.8 Å². The predicted octanol–water partition coefficient (Wildman–Crippen LogP) is 1.38. The number of nitrogens with zero attached hydrogens (tertiary/aromatic N) is 1. The van der Waals surface area contributed by atoms with Crippen molar-refractivity contribution >= 4 is 24.3 Å². The van der Waals surface area contributed by atoms with Crippen molar-refractivity contribution in [2.75, 3.05) is 0 Å². The van der Waals surface area contributed by atoms with Gasteiger partial charge in [0.05, 0.1) is 5.56 Å². The van der Waals surface area contributed by atoms with Crippen LogP contribution in [0.2, 0.25) is 0 Å². The topological polar surface area (TPSA) is 133 Å². The lowest BCUT2D eigenvalue weighted by molar-refractivity contribution is -0.118. The summed E-state index contributed by atoms with van der Waals surface area (Å²) in [5, 5.41) is 2.23. The first-order valence-electron chi connectivity index (χ1n) is 6.51. The molecular formula is C15H14N2O6. The monoisotopic (exact) mass is 318 g/mol.